The number of nitrogens with zero attached hydrogens (tertiary/aromatic N) is 1. The zero-order valence-electron chi connectivity index (χ0n) is 9.97. The van der Waals surface area contributed by atoms with Gasteiger partial charge in [0.25, 0.3) is 0 Å². The van der Waals surface area contributed by atoms with E-state index in [9.17, 15) is 5.11 Å². The minimum absolute atomic E-state index is 0.355. The van der Waals surface area contributed by atoms with Gasteiger partial charge in [0, 0.05) is 13.1 Å². The van der Waals surface area contributed by atoms with Crippen molar-refractivity contribution in [2.45, 2.75) is 25.4 Å². The Kier molecular flexibility index (Phi) is 3.97. The van der Waals surface area contributed by atoms with Gasteiger partial charge in [-0.3, -0.25) is 0 Å². The Bertz CT molecular complexity index is 308. The second kappa shape index (κ2) is 5.46. The summed E-state index contributed by atoms with van der Waals surface area (Å²) < 4.78 is 0. The van der Waals surface area contributed by atoms with Gasteiger partial charge in [0.2, 0.25) is 0 Å². The highest BCUT2D eigenvalue weighted by atomic mass is 16.3. The van der Waals surface area contributed by atoms with E-state index in [1.165, 1.54) is 19.3 Å². The van der Waals surface area contributed by atoms with Crippen LogP contribution in [0.5, 0.6) is 0 Å². The largest absolute Gasteiger partial charge is 0.387 e. The fourth-order valence-electron chi connectivity index (χ4n) is 2.27. The first kappa shape index (κ1) is 11.6. The molecule has 2 nitrogen and oxygen atoms in total. The molecule has 1 aromatic carbocycles. The summed E-state index contributed by atoms with van der Waals surface area (Å²) in [6.07, 6.45) is 3.77. The second-order valence-corrected chi connectivity index (χ2v) is 4.94. The van der Waals surface area contributed by atoms with Gasteiger partial charge in [-0.15, -0.1) is 0 Å². The molecule has 1 aliphatic carbocycles. The first-order chi connectivity index (χ1) is 7.75. The van der Waals surface area contributed by atoms with Crippen LogP contribution in [0, 0.1) is 5.92 Å². The van der Waals surface area contributed by atoms with E-state index in [2.05, 4.69) is 11.9 Å². The van der Waals surface area contributed by atoms with E-state index in [-0.39, 0.29) is 6.10 Å². The van der Waals surface area contributed by atoms with Crippen LogP contribution in [0.2, 0.25) is 0 Å². The molecular formula is C14H21NO. The Morgan fingerprint density at radius 2 is 2.00 bits per heavy atom. The highest BCUT2D eigenvalue weighted by Gasteiger charge is 2.20. The van der Waals surface area contributed by atoms with Crippen molar-refractivity contribution in [3.05, 3.63) is 35.9 Å². The van der Waals surface area contributed by atoms with Gasteiger partial charge in [-0.05, 0) is 31.4 Å². The topological polar surface area (TPSA) is 23.5 Å². The third kappa shape index (κ3) is 3.06. The Labute approximate surface area is 97.9 Å². The van der Waals surface area contributed by atoms with E-state index in [0.717, 1.165) is 24.6 Å². The van der Waals surface area contributed by atoms with Gasteiger partial charge >= 0.3 is 0 Å². The lowest BCUT2D eigenvalue weighted by atomic mass is 9.85. The first-order valence-electron chi connectivity index (χ1n) is 6.17. The van der Waals surface area contributed by atoms with E-state index in [1.807, 2.05) is 30.3 Å². The number of hydrogen-bond donors (Lipinski definition) is 1. The molecule has 2 rings (SSSR count). The molecule has 0 bridgehead atoms. The van der Waals surface area contributed by atoms with Crippen molar-refractivity contribution in [3.63, 3.8) is 0 Å². The molecule has 1 atom stereocenters. The lowest BCUT2D eigenvalue weighted by molar-refractivity contribution is 0.107. The summed E-state index contributed by atoms with van der Waals surface area (Å²) in [6.45, 7) is 1.87. The molecule has 0 aliphatic heterocycles. The van der Waals surface area contributed by atoms with Gasteiger partial charge in [-0.2, -0.15) is 0 Å². The monoisotopic (exact) mass is 219 g/mol. The maximum absolute atomic E-state index is 10.1. The van der Waals surface area contributed by atoms with Crippen molar-refractivity contribution in [2.75, 3.05) is 20.1 Å². The smallest absolute Gasteiger partial charge is 0.0916 e. The highest BCUT2D eigenvalue weighted by molar-refractivity contribution is 5.17. The molecule has 2 heteroatoms. The normalized spacial score (nSPS) is 18.4. The average molecular weight is 219 g/mol. The Morgan fingerprint density at radius 1 is 1.31 bits per heavy atom. The van der Waals surface area contributed by atoms with Crippen LogP contribution in [0.25, 0.3) is 0 Å². The molecule has 0 amide bonds. The molecule has 88 valence electrons. The van der Waals surface area contributed by atoms with E-state index < -0.39 is 0 Å². The summed E-state index contributed by atoms with van der Waals surface area (Å²) in [5.41, 5.74) is 1.02. The minimum Gasteiger partial charge on any atom is -0.387 e. The zero-order valence-corrected chi connectivity index (χ0v) is 9.97. The zero-order chi connectivity index (χ0) is 11.4. The second-order valence-electron chi connectivity index (χ2n) is 4.94. The van der Waals surface area contributed by atoms with Crippen molar-refractivity contribution in [1.82, 2.24) is 4.90 Å². The summed E-state index contributed by atoms with van der Waals surface area (Å²) in [5, 5.41) is 10.1. The van der Waals surface area contributed by atoms with Crippen molar-refractivity contribution < 1.29 is 5.11 Å². The lowest BCUT2D eigenvalue weighted by Gasteiger charge is -2.31. The number of hydrogen-bond acceptors (Lipinski definition) is 2. The van der Waals surface area contributed by atoms with Crippen LogP contribution in [0.4, 0.5) is 0 Å². The van der Waals surface area contributed by atoms with Crippen LogP contribution in [0.1, 0.15) is 30.9 Å². The molecule has 1 saturated carbocycles. The lowest BCUT2D eigenvalue weighted by Crippen LogP contribution is -2.32. The fourth-order valence-corrected chi connectivity index (χ4v) is 2.27. The van der Waals surface area contributed by atoms with E-state index >= 15 is 0 Å². The Hall–Kier alpha value is -0.860. The molecule has 1 N–H and O–H groups in total. The van der Waals surface area contributed by atoms with Crippen molar-refractivity contribution in [2.24, 2.45) is 5.92 Å². The number of aliphatic hydroxyl groups excluding tert-OH is 1. The third-order valence-corrected chi connectivity index (χ3v) is 3.46. The van der Waals surface area contributed by atoms with Crippen LogP contribution in [-0.4, -0.2) is 30.1 Å². The molecule has 0 spiro atoms. The summed E-state index contributed by atoms with van der Waals surface area (Å²) in [4.78, 5) is 2.25. The molecule has 1 fully saturated rings. The number of benzene rings is 1. The van der Waals surface area contributed by atoms with Gasteiger partial charge < -0.3 is 10.0 Å². The van der Waals surface area contributed by atoms with Crippen molar-refractivity contribution >= 4 is 0 Å². The van der Waals surface area contributed by atoms with Crippen LogP contribution >= 0.6 is 0 Å². The molecule has 1 aliphatic rings. The fraction of sp³-hybridized carbons (Fsp3) is 0.571. The van der Waals surface area contributed by atoms with Crippen molar-refractivity contribution in [3.8, 4) is 0 Å². The van der Waals surface area contributed by atoms with Gasteiger partial charge in [-0.1, -0.05) is 36.8 Å². The Morgan fingerprint density at radius 3 is 2.56 bits per heavy atom. The quantitative estimate of drug-likeness (QED) is 0.822. The highest BCUT2D eigenvalue weighted by Crippen LogP contribution is 2.27. The van der Waals surface area contributed by atoms with Gasteiger partial charge in [-0.25, -0.2) is 0 Å². The maximum atomic E-state index is 10.1. The van der Waals surface area contributed by atoms with Crippen LogP contribution in [0.15, 0.2) is 30.3 Å². The summed E-state index contributed by atoms with van der Waals surface area (Å²) in [5.74, 6) is 0.868. The molecule has 0 aromatic heterocycles. The van der Waals surface area contributed by atoms with Gasteiger partial charge in [0.1, 0.15) is 0 Å². The molecule has 0 saturated heterocycles. The van der Waals surface area contributed by atoms with E-state index in [1.54, 1.807) is 0 Å². The molecule has 16 heavy (non-hydrogen) atoms. The maximum Gasteiger partial charge on any atom is 0.0916 e. The van der Waals surface area contributed by atoms with Crippen LogP contribution in [-0.2, 0) is 0 Å². The minimum atomic E-state index is -0.355. The molecule has 1 aromatic rings. The van der Waals surface area contributed by atoms with Crippen LogP contribution in [0.3, 0.4) is 0 Å². The molecule has 0 radical (unpaired) electrons. The van der Waals surface area contributed by atoms with Crippen LogP contribution < -0.4 is 0 Å². The third-order valence-electron chi connectivity index (χ3n) is 3.46. The van der Waals surface area contributed by atoms with E-state index in [0.29, 0.717) is 0 Å². The molecular weight excluding hydrogens is 198 g/mol. The first-order valence-corrected chi connectivity index (χ1v) is 6.17. The predicted octanol–water partition coefficient (Wildman–Crippen LogP) is 2.45. The number of rotatable bonds is 5. The summed E-state index contributed by atoms with van der Waals surface area (Å²) in [7, 11) is 2.10. The van der Waals surface area contributed by atoms with Crippen molar-refractivity contribution in [1.29, 1.82) is 0 Å². The molecule has 1 unspecified atom stereocenters. The summed E-state index contributed by atoms with van der Waals surface area (Å²) >= 11 is 0. The van der Waals surface area contributed by atoms with E-state index in [4.69, 9.17) is 0 Å². The standard InChI is InChI=1S/C14H21NO/c1-15(10-12-6-5-7-12)11-14(16)13-8-3-2-4-9-13/h2-4,8-9,12,14,16H,5-7,10-11H2,1H3. The number of aliphatic hydroxyl groups is 1. The summed E-state index contributed by atoms with van der Waals surface area (Å²) in [6, 6.07) is 9.91. The van der Waals surface area contributed by atoms with Gasteiger partial charge in [0.15, 0.2) is 0 Å². The predicted molar refractivity (Wildman–Crippen MR) is 66.2 cm³/mol. The number of likely N-dealkylation sites (N-methyl/N-ethyl adjacent to an activating group) is 1. The van der Waals surface area contributed by atoms with Gasteiger partial charge in [0.05, 0.1) is 6.10 Å². The Balaban J connectivity index is 1.79. The average Bonchev–Trinajstić information content (AvgIpc) is 2.25. The SMILES string of the molecule is CN(CC1CCC1)CC(O)c1ccccc1. The molecule has 0 heterocycles.